The fraction of sp³-hybridized carbons (Fsp3) is 0.167. The van der Waals surface area contributed by atoms with Gasteiger partial charge in [0.25, 0.3) is 0 Å². The Morgan fingerprint density at radius 2 is 1.85 bits per heavy atom. The zero-order chi connectivity index (χ0) is 18.4. The van der Waals surface area contributed by atoms with Crippen LogP contribution in [0.2, 0.25) is 0 Å². The van der Waals surface area contributed by atoms with E-state index in [1.807, 2.05) is 36.4 Å². The molecule has 0 unspecified atom stereocenters. The van der Waals surface area contributed by atoms with Gasteiger partial charge in [0.2, 0.25) is 0 Å². The third-order valence-electron chi connectivity index (χ3n) is 3.69. The Morgan fingerprint density at radius 1 is 1.08 bits per heavy atom. The number of carbonyl (C=O) groups excluding carboxylic acids is 1. The monoisotopic (exact) mass is 370 g/mol. The SMILES string of the molecule is COc1ccc(CNC(=O)Nc2ccc(-c3cnns3)cc2)cc1OC. The molecule has 2 amide bonds. The molecule has 26 heavy (non-hydrogen) atoms. The van der Waals surface area contributed by atoms with Crippen molar-refractivity contribution in [3.05, 3.63) is 54.2 Å². The normalized spacial score (nSPS) is 10.2. The van der Waals surface area contributed by atoms with Crippen LogP contribution < -0.4 is 20.1 Å². The molecule has 0 bridgehead atoms. The first kappa shape index (κ1) is 17.7. The fourth-order valence-electron chi connectivity index (χ4n) is 2.36. The lowest BCUT2D eigenvalue weighted by atomic mass is 10.2. The summed E-state index contributed by atoms with van der Waals surface area (Å²) in [5.74, 6) is 1.28. The molecule has 2 aromatic carbocycles. The summed E-state index contributed by atoms with van der Waals surface area (Å²) < 4.78 is 14.3. The second-order valence-corrected chi connectivity index (χ2v) is 6.14. The third kappa shape index (κ3) is 4.28. The fourth-order valence-corrected chi connectivity index (χ4v) is 2.88. The van der Waals surface area contributed by atoms with Crippen LogP contribution in [0.15, 0.2) is 48.7 Å². The van der Waals surface area contributed by atoms with Crippen LogP contribution >= 0.6 is 11.5 Å². The second kappa shape index (κ2) is 8.30. The Balaban J connectivity index is 1.56. The van der Waals surface area contributed by atoms with E-state index in [2.05, 4.69) is 20.2 Å². The molecule has 8 heteroatoms. The van der Waals surface area contributed by atoms with E-state index in [0.29, 0.717) is 23.7 Å². The molecule has 3 rings (SSSR count). The number of aromatic nitrogens is 2. The summed E-state index contributed by atoms with van der Waals surface area (Å²) in [6.07, 6.45) is 1.71. The number of rotatable bonds is 6. The Bertz CT molecular complexity index is 867. The number of nitrogens with zero attached hydrogens (tertiary/aromatic N) is 2. The van der Waals surface area contributed by atoms with E-state index >= 15 is 0 Å². The maximum Gasteiger partial charge on any atom is 0.319 e. The van der Waals surface area contributed by atoms with Crippen LogP contribution in [0.25, 0.3) is 10.4 Å². The van der Waals surface area contributed by atoms with Gasteiger partial charge in [-0.3, -0.25) is 0 Å². The molecule has 0 aliphatic carbocycles. The average Bonchev–Trinajstić information content (AvgIpc) is 3.21. The number of methoxy groups -OCH3 is 2. The first-order valence-corrected chi connectivity index (χ1v) is 8.60. The molecule has 7 nitrogen and oxygen atoms in total. The molecule has 1 aromatic heterocycles. The van der Waals surface area contributed by atoms with Crippen molar-refractivity contribution in [3.8, 4) is 21.9 Å². The minimum atomic E-state index is -0.285. The summed E-state index contributed by atoms with van der Waals surface area (Å²) in [5.41, 5.74) is 2.62. The Morgan fingerprint density at radius 3 is 2.50 bits per heavy atom. The molecule has 0 saturated carbocycles. The van der Waals surface area contributed by atoms with E-state index in [1.165, 1.54) is 11.5 Å². The van der Waals surface area contributed by atoms with E-state index in [0.717, 1.165) is 16.0 Å². The van der Waals surface area contributed by atoms with Gasteiger partial charge in [-0.1, -0.05) is 22.7 Å². The molecular formula is C18H18N4O3S. The number of ether oxygens (including phenoxy) is 2. The van der Waals surface area contributed by atoms with Crippen LogP contribution in [-0.4, -0.2) is 29.8 Å². The molecule has 0 spiro atoms. The van der Waals surface area contributed by atoms with Gasteiger partial charge in [0.1, 0.15) is 0 Å². The molecule has 0 saturated heterocycles. The number of hydrogen-bond acceptors (Lipinski definition) is 6. The quantitative estimate of drug-likeness (QED) is 0.693. The van der Waals surface area contributed by atoms with Gasteiger partial charge in [-0.25, -0.2) is 4.79 Å². The zero-order valence-corrected chi connectivity index (χ0v) is 15.2. The zero-order valence-electron chi connectivity index (χ0n) is 14.4. The van der Waals surface area contributed by atoms with Gasteiger partial charge in [0, 0.05) is 12.2 Å². The Labute approximate surface area is 155 Å². The number of urea groups is 1. The Kier molecular flexibility index (Phi) is 5.65. The summed E-state index contributed by atoms with van der Waals surface area (Å²) in [6, 6.07) is 12.7. The molecule has 1 heterocycles. The van der Waals surface area contributed by atoms with Crippen molar-refractivity contribution in [1.29, 1.82) is 0 Å². The van der Waals surface area contributed by atoms with Crippen LogP contribution in [0.1, 0.15) is 5.56 Å². The highest BCUT2D eigenvalue weighted by molar-refractivity contribution is 7.09. The lowest BCUT2D eigenvalue weighted by molar-refractivity contribution is 0.251. The highest BCUT2D eigenvalue weighted by atomic mass is 32.1. The summed E-state index contributed by atoms with van der Waals surface area (Å²) in [7, 11) is 3.16. The number of nitrogens with one attached hydrogen (secondary N) is 2. The van der Waals surface area contributed by atoms with Crippen molar-refractivity contribution in [2.45, 2.75) is 6.54 Å². The third-order valence-corrected chi connectivity index (χ3v) is 4.40. The number of hydrogen-bond donors (Lipinski definition) is 2. The van der Waals surface area contributed by atoms with Crippen molar-refractivity contribution in [3.63, 3.8) is 0 Å². The van der Waals surface area contributed by atoms with E-state index in [9.17, 15) is 4.79 Å². The van der Waals surface area contributed by atoms with Crippen LogP contribution in [-0.2, 0) is 6.54 Å². The molecule has 2 N–H and O–H groups in total. The first-order valence-electron chi connectivity index (χ1n) is 7.83. The van der Waals surface area contributed by atoms with Crippen molar-refractivity contribution >= 4 is 23.3 Å². The molecular weight excluding hydrogens is 352 g/mol. The predicted molar refractivity (Wildman–Crippen MR) is 101 cm³/mol. The minimum Gasteiger partial charge on any atom is -0.493 e. The largest absolute Gasteiger partial charge is 0.493 e. The molecule has 3 aromatic rings. The molecule has 0 radical (unpaired) electrons. The van der Waals surface area contributed by atoms with Crippen LogP contribution in [0.3, 0.4) is 0 Å². The van der Waals surface area contributed by atoms with Gasteiger partial charge in [-0.2, -0.15) is 0 Å². The summed E-state index contributed by atoms with van der Waals surface area (Å²) in [5, 5.41) is 9.43. The minimum absolute atomic E-state index is 0.285. The summed E-state index contributed by atoms with van der Waals surface area (Å²) >= 11 is 1.33. The molecule has 0 atom stereocenters. The maximum absolute atomic E-state index is 12.1. The van der Waals surface area contributed by atoms with Gasteiger partial charge in [-0.05, 0) is 46.9 Å². The number of carbonyl (C=O) groups is 1. The van der Waals surface area contributed by atoms with Gasteiger partial charge in [0.05, 0.1) is 25.3 Å². The van der Waals surface area contributed by atoms with Gasteiger partial charge < -0.3 is 20.1 Å². The van der Waals surface area contributed by atoms with Crippen molar-refractivity contribution in [1.82, 2.24) is 14.9 Å². The standard InChI is InChI=1S/C18H18N4O3S/c1-24-15-8-3-12(9-16(15)25-2)10-19-18(23)21-14-6-4-13(5-7-14)17-11-20-22-26-17/h3-9,11H,10H2,1-2H3,(H2,19,21,23). The number of anilines is 1. The topological polar surface area (TPSA) is 85.4 Å². The molecule has 0 aliphatic rings. The smallest absolute Gasteiger partial charge is 0.319 e. The van der Waals surface area contributed by atoms with Crippen molar-refractivity contribution in [2.75, 3.05) is 19.5 Å². The molecule has 0 fully saturated rings. The van der Waals surface area contributed by atoms with E-state index < -0.39 is 0 Å². The lowest BCUT2D eigenvalue weighted by Gasteiger charge is -2.11. The van der Waals surface area contributed by atoms with Gasteiger partial charge in [-0.15, -0.1) is 5.10 Å². The van der Waals surface area contributed by atoms with Crippen LogP contribution in [0.5, 0.6) is 11.5 Å². The molecule has 134 valence electrons. The molecule has 0 aliphatic heterocycles. The maximum atomic E-state index is 12.1. The highest BCUT2D eigenvalue weighted by Gasteiger charge is 2.07. The average molecular weight is 370 g/mol. The van der Waals surface area contributed by atoms with Crippen molar-refractivity contribution < 1.29 is 14.3 Å². The van der Waals surface area contributed by atoms with E-state index in [1.54, 1.807) is 26.5 Å². The van der Waals surface area contributed by atoms with Gasteiger partial charge >= 0.3 is 6.03 Å². The van der Waals surface area contributed by atoms with Crippen molar-refractivity contribution in [2.24, 2.45) is 0 Å². The first-order chi connectivity index (χ1) is 12.7. The lowest BCUT2D eigenvalue weighted by Crippen LogP contribution is -2.28. The Hall–Kier alpha value is -3.13. The van der Waals surface area contributed by atoms with Gasteiger partial charge in [0.15, 0.2) is 11.5 Å². The number of amides is 2. The van der Waals surface area contributed by atoms with Crippen LogP contribution in [0, 0.1) is 0 Å². The second-order valence-electron chi connectivity index (χ2n) is 5.36. The van der Waals surface area contributed by atoms with E-state index in [4.69, 9.17) is 9.47 Å². The summed E-state index contributed by atoms with van der Waals surface area (Å²) in [4.78, 5) is 13.1. The predicted octanol–water partition coefficient (Wildman–Crippen LogP) is 3.54. The number of benzene rings is 2. The van der Waals surface area contributed by atoms with Crippen LogP contribution in [0.4, 0.5) is 10.5 Å². The summed E-state index contributed by atoms with van der Waals surface area (Å²) in [6.45, 7) is 0.372. The van der Waals surface area contributed by atoms with E-state index in [-0.39, 0.29) is 6.03 Å². The highest BCUT2D eigenvalue weighted by Crippen LogP contribution is 2.27.